The summed E-state index contributed by atoms with van der Waals surface area (Å²) in [6, 6.07) is 6.21. The zero-order valence-electron chi connectivity index (χ0n) is 13.2. The average molecular weight is 363 g/mol. The van der Waals surface area contributed by atoms with Crippen molar-refractivity contribution in [1.29, 1.82) is 0 Å². The standard InChI is InChI=1S/C15H22N2O4S.ClH/c1-10(2)22(20,21)14-6-4-3-5-12(14)15(19)17-8-11-7-16-9-13(11)18;/h3-6,10-11,13,16,18H,7-9H2,1-2H3,(H,17,19);1H. The number of carbonyl (C=O) groups excluding carboxylic acids is 1. The van der Waals surface area contributed by atoms with Gasteiger partial charge in [0.05, 0.1) is 21.8 Å². The molecule has 1 aromatic carbocycles. The van der Waals surface area contributed by atoms with Crippen LogP contribution in [0.3, 0.4) is 0 Å². The van der Waals surface area contributed by atoms with Crippen molar-refractivity contribution in [3.63, 3.8) is 0 Å². The van der Waals surface area contributed by atoms with Crippen LogP contribution in [-0.2, 0) is 9.84 Å². The SMILES string of the molecule is CC(C)S(=O)(=O)c1ccccc1C(=O)NCC1CNCC1O.Cl. The van der Waals surface area contributed by atoms with E-state index in [4.69, 9.17) is 0 Å². The van der Waals surface area contributed by atoms with Gasteiger partial charge >= 0.3 is 0 Å². The van der Waals surface area contributed by atoms with Crippen LogP contribution in [0.25, 0.3) is 0 Å². The van der Waals surface area contributed by atoms with Gasteiger partial charge in [-0.2, -0.15) is 0 Å². The third kappa shape index (κ3) is 4.44. The number of hydrogen-bond donors (Lipinski definition) is 3. The molecule has 130 valence electrons. The molecule has 1 aliphatic rings. The van der Waals surface area contributed by atoms with Crippen LogP contribution in [0.1, 0.15) is 24.2 Å². The quantitative estimate of drug-likeness (QED) is 0.713. The Morgan fingerprint density at radius 3 is 2.57 bits per heavy atom. The molecule has 23 heavy (non-hydrogen) atoms. The molecule has 1 aromatic rings. The van der Waals surface area contributed by atoms with Gasteiger partial charge in [0.15, 0.2) is 9.84 Å². The Morgan fingerprint density at radius 1 is 1.35 bits per heavy atom. The second-order valence-electron chi connectivity index (χ2n) is 5.79. The van der Waals surface area contributed by atoms with Crippen molar-refractivity contribution in [1.82, 2.24) is 10.6 Å². The Kier molecular flexibility index (Phi) is 7.01. The van der Waals surface area contributed by atoms with Gasteiger partial charge in [-0.25, -0.2) is 8.42 Å². The number of halogens is 1. The summed E-state index contributed by atoms with van der Waals surface area (Å²) < 4.78 is 24.7. The topological polar surface area (TPSA) is 95.5 Å². The minimum absolute atomic E-state index is 0. The van der Waals surface area contributed by atoms with Gasteiger partial charge in [-0.15, -0.1) is 12.4 Å². The van der Waals surface area contributed by atoms with Gasteiger partial charge in [0.1, 0.15) is 0 Å². The van der Waals surface area contributed by atoms with Crippen molar-refractivity contribution in [2.75, 3.05) is 19.6 Å². The van der Waals surface area contributed by atoms with Crippen LogP contribution in [-0.4, -0.2) is 50.4 Å². The molecule has 0 bridgehead atoms. The molecule has 1 heterocycles. The van der Waals surface area contributed by atoms with E-state index < -0.39 is 27.1 Å². The van der Waals surface area contributed by atoms with Crippen molar-refractivity contribution in [2.24, 2.45) is 5.92 Å². The first kappa shape index (κ1) is 19.9. The van der Waals surface area contributed by atoms with Gasteiger partial charge in [0.2, 0.25) is 0 Å². The van der Waals surface area contributed by atoms with Crippen molar-refractivity contribution < 1.29 is 18.3 Å². The van der Waals surface area contributed by atoms with Gasteiger partial charge in [0, 0.05) is 25.6 Å². The number of hydrogen-bond acceptors (Lipinski definition) is 5. The maximum Gasteiger partial charge on any atom is 0.252 e. The maximum atomic E-state index is 12.3. The van der Waals surface area contributed by atoms with Crippen molar-refractivity contribution in [3.8, 4) is 0 Å². The first-order valence-corrected chi connectivity index (χ1v) is 8.88. The van der Waals surface area contributed by atoms with Crippen LogP contribution in [0.15, 0.2) is 29.2 Å². The molecule has 6 nitrogen and oxygen atoms in total. The zero-order chi connectivity index (χ0) is 16.3. The first-order chi connectivity index (χ1) is 10.3. The Labute approximate surface area is 143 Å². The number of carbonyl (C=O) groups is 1. The summed E-state index contributed by atoms with van der Waals surface area (Å²) in [7, 11) is -3.52. The fraction of sp³-hybridized carbons (Fsp3) is 0.533. The third-order valence-corrected chi connectivity index (χ3v) is 6.10. The van der Waals surface area contributed by atoms with E-state index >= 15 is 0 Å². The van der Waals surface area contributed by atoms with Gasteiger partial charge in [0.25, 0.3) is 5.91 Å². The van der Waals surface area contributed by atoms with Gasteiger partial charge < -0.3 is 15.7 Å². The molecule has 0 saturated carbocycles. The minimum Gasteiger partial charge on any atom is -0.391 e. The Balaban J connectivity index is 0.00000264. The number of sulfone groups is 1. The van der Waals surface area contributed by atoms with E-state index in [9.17, 15) is 18.3 Å². The van der Waals surface area contributed by atoms with Crippen molar-refractivity contribution >= 4 is 28.2 Å². The number of β-amino-alcohol motifs (C(OH)–C–C–N with tert-alkyl or cyclic N) is 1. The lowest BCUT2D eigenvalue weighted by atomic mass is 10.1. The highest BCUT2D eigenvalue weighted by Gasteiger charge is 2.28. The monoisotopic (exact) mass is 362 g/mol. The fourth-order valence-corrected chi connectivity index (χ4v) is 3.65. The summed E-state index contributed by atoms with van der Waals surface area (Å²) in [6.45, 7) is 4.63. The Hall–Kier alpha value is -1.15. The molecule has 2 rings (SSSR count). The van der Waals surface area contributed by atoms with E-state index in [-0.39, 0.29) is 28.8 Å². The normalized spacial score (nSPS) is 21.0. The smallest absolute Gasteiger partial charge is 0.252 e. The fourth-order valence-electron chi connectivity index (χ4n) is 2.40. The third-order valence-electron chi connectivity index (χ3n) is 3.89. The Morgan fingerprint density at radius 2 is 2.00 bits per heavy atom. The molecular weight excluding hydrogens is 340 g/mol. The number of aliphatic hydroxyl groups excluding tert-OH is 1. The van der Waals surface area contributed by atoms with Gasteiger partial charge in [-0.1, -0.05) is 12.1 Å². The molecule has 2 unspecified atom stereocenters. The van der Waals surface area contributed by atoms with Crippen molar-refractivity contribution in [3.05, 3.63) is 29.8 Å². The lowest BCUT2D eigenvalue weighted by Gasteiger charge is -2.16. The van der Waals surface area contributed by atoms with E-state index in [1.165, 1.54) is 12.1 Å². The Bertz CT molecular complexity index is 649. The van der Waals surface area contributed by atoms with E-state index in [2.05, 4.69) is 10.6 Å². The molecule has 2 atom stereocenters. The second-order valence-corrected chi connectivity index (χ2v) is 8.26. The molecule has 8 heteroatoms. The molecule has 1 aliphatic heterocycles. The van der Waals surface area contributed by atoms with E-state index in [1.54, 1.807) is 26.0 Å². The summed E-state index contributed by atoms with van der Waals surface area (Å²) in [6.07, 6.45) is -0.491. The van der Waals surface area contributed by atoms with E-state index in [0.717, 1.165) is 0 Å². The molecular formula is C15H23ClN2O4S. The predicted molar refractivity (Wildman–Crippen MR) is 90.7 cm³/mol. The number of nitrogens with one attached hydrogen (secondary N) is 2. The van der Waals surface area contributed by atoms with Crippen molar-refractivity contribution in [2.45, 2.75) is 30.1 Å². The van der Waals surface area contributed by atoms with Crippen LogP contribution in [0.5, 0.6) is 0 Å². The average Bonchev–Trinajstić information content (AvgIpc) is 2.90. The van der Waals surface area contributed by atoms with Crippen LogP contribution >= 0.6 is 12.4 Å². The minimum atomic E-state index is -3.52. The molecule has 1 amide bonds. The van der Waals surface area contributed by atoms with E-state index in [0.29, 0.717) is 19.6 Å². The summed E-state index contributed by atoms with van der Waals surface area (Å²) in [5, 5.41) is 14.9. The first-order valence-electron chi connectivity index (χ1n) is 7.34. The van der Waals surface area contributed by atoms with Crippen LogP contribution < -0.4 is 10.6 Å². The highest BCUT2D eigenvalue weighted by molar-refractivity contribution is 7.92. The van der Waals surface area contributed by atoms with Crippen LogP contribution in [0.4, 0.5) is 0 Å². The largest absolute Gasteiger partial charge is 0.391 e. The molecule has 3 N–H and O–H groups in total. The van der Waals surface area contributed by atoms with Crippen LogP contribution in [0, 0.1) is 5.92 Å². The summed E-state index contributed by atoms with van der Waals surface area (Å²) in [5.41, 5.74) is 0.150. The number of rotatable bonds is 5. The summed E-state index contributed by atoms with van der Waals surface area (Å²) in [4.78, 5) is 12.4. The highest BCUT2D eigenvalue weighted by Crippen LogP contribution is 2.20. The maximum absolute atomic E-state index is 12.3. The van der Waals surface area contributed by atoms with Gasteiger partial charge in [-0.05, 0) is 26.0 Å². The molecule has 0 radical (unpaired) electrons. The molecule has 0 aliphatic carbocycles. The lowest BCUT2D eigenvalue weighted by molar-refractivity contribution is 0.0924. The van der Waals surface area contributed by atoms with Gasteiger partial charge in [-0.3, -0.25) is 4.79 Å². The lowest BCUT2D eigenvalue weighted by Crippen LogP contribution is -2.35. The predicted octanol–water partition coefficient (Wildman–Crippen LogP) is 0.601. The highest BCUT2D eigenvalue weighted by atomic mass is 35.5. The summed E-state index contributed by atoms with van der Waals surface area (Å²) in [5.74, 6) is -0.489. The number of aliphatic hydroxyl groups is 1. The number of benzene rings is 1. The molecule has 1 saturated heterocycles. The zero-order valence-corrected chi connectivity index (χ0v) is 14.8. The second kappa shape index (κ2) is 8.10. The van der Waals surface area contributed by atoms with Crippen LogP contribution in [0.2, 0.25) is 0 Å². The summed E-state index contributed by atoms with van der Waals surface area (Å²) >= 11 is 0. The molecule has 1 fully saturated rings. The molecule has 0 aromatic heterocycles. The number of amides is 1. The molecule has 0 spiro atoms. The van der Waals surface area contributed by atoms with E-state index in [1.807, 2.05) is 0 Å².